The Morgan fingerprint density at radius 2 is 2.00 bits per heavy atom. The SMILES string of the molecule is CCC(CC)c1nnc(NC(=O)CNC(=O)c2cccc(Br)c2)s1. The molecular weight excluding hydrogens is 392 g/mol. The van der Waals surface area contributed by atoms with Crippen LogP contribution in [0.15, 0.2) is 28.7 Å². The lowest BCUT2D eigenvalue weighted by Crippen LogP contribution is -2.32. The summed E-state index contributed by atoms with van der Waals surface area (Å²) in [5.74, 6) is -0.267. The van der Waals surface area contributed by atoms with Gasteiger partial charge in [0.25, 0.3) is 5.91 Å². The third kappa shape index (κ3) is 5.10. The van der Waals surface area contributed by atoms with Crippen LogP contribution in [-0.2, 0) is 4.79 Å². The van der Waals surface area contributed by atoms with Gasteiger partial charge in [0, 0.05) is 16.0 Å². The summed E-state index contributed by atoms with van der Waals surface area (Å²) in [6, 6.07) is 6.97. The maximum absolute atomic E-state index is 12.0. The molecule has 2 rings (SSSR count). The van der Waals surface area contributed by atoms with E-state index in [2.05, 4.69) is 50.6 Å². The fourth-order valence-electron chi connectivity index (χ4n) is 2.14. The first-order chi connectivity index (χ1) is 11.5. The fourth-order valence-corrected chi connectivity index (χ4v) is 3.57. The third-order valence-corrected chi connectivity index (χ3v) is 5.01. The molecule has 0 saturated carbocycles. The molecule has 0 fully saturated rings. The maximum atomic E-state index is 12.0. The number of halogens is 1. The van der Waals surface area contributed by atoms with Gasteiger partial charge < -0.3 is 5.32 Å². The van der Waals surface area contributed by atoms with Crippen LogP contribution in [0.4, 0.5) is 5.13 Å². The van der Waals surface area contributed by atoms with Gasteiger partial charge in [0.1, 0.15) is 5.01 Å². The van der Waals surface area contributed by atoms with Crippen molar-refractivity contribution >= 4 is 44.2 Å². The summed E-state index contributed by atoms with van der Waals surface area (Å²) >= 11 is 4.69. The highest BCUT2D eigenvalue weighted by atomic mass is 79.9. The van der Waals surface area contributed by atoms with Crippen LogP contribution in [0.2, 0.25) is 0 Å². The van der Waals surface area contributed by atoms with E-state index in [-0.39, 0.29) is 18.4 Å². The van der Waals surface area contributed by atoms with E-state index in [9.17, 15) is 9.59 Å². The number of benzene rings is 1. The number of amides is 2. The summed E-state index contributed by atoms with van der Waals surface area (Å²) in [4.78, 5) is 23.9. The first kappa shape index (κ1) is 18.5. The van der Waals surface area contributed by atoms with Crippen molar-refractivity contribution in [2.45, 2.75) is 32.6 Å². The molecule has 2 aromatic rings. The predicted molar refractivity (Wildman–Crippen MR) is 98.3 cm³/mol. The monoisotopic (exact) mass is 410 g/mol. The number of nitrogens with zero attached hydrogens (tertiary/aromatic N) is 2. The Kier molecular flexibility index (Phi) is 6.86. The molecule has 0 saturated heterocycles. The molecule has 1 heterocycles. The van der Waals surface area contributed by atoms with Gasteiger partial charge in [0.15, 0.2) is 0 Å². The van der Waals surface area contributed by atoms with Crippen molar-refractivity contribution in [2.75, 3.05) is 11.9 Å². The molecule has 2 N–H and O–H groups in total. The van der Waals surface area contributed by atoms with E-state index in [4.69, 9.17) is 0 Å². The number of aromatic nitrogens is 2. The number of hydrogen-bond acceptors (Lipinski definition) is 5. The van der Waals surface area contributed by atoms with Crippen molar-refractivity contribution < 1.29 is 9.59 Å². The smallest absolute Gasteiger partial charge is 0.251 e. The van der Waals surface area contributed by atoms with Crippen LogP contribution in [0.1, 0.15) is 48.0 Å². The molecule has 24 heavy (non-hydrogen) atoms. The van der Waals surface area contributed by atoms with E-state index in [1.54, 1.807) is 18.2 Å². The molecule has 0 atom stereocenters. The van der Waals surface area contributed by atoms with E-state index in [0.717, 1.165) is 22.3 Å². The van der Waals surface area contributed by atoms with Crippen LogP contribution < -0.4 is 10.6 Å². The second-order valence-corrected chi connectivity index (χ2v) is 7.12. The minimum atomic E-state index is -0.328. The van der Waals surface area contributed by atoms with Crippen molar-refractivity contribution in [3.63, 3.8) is 0 Å². The summed E-state index contributed by atoms with van der Waals surface area (Å²) < 4.78 is 0.808. The Morgan fingerprint density at radius 1 is 1.25 bits per heavy atom. The average molecular weight is 411 g/mol. The number of carbonyl (C=O) groups is 2. The van der Waals surface area contributed by atoms with Gasteiger partial charge in [-0.25, -0.2) is 0 Å². The van der Waals surface area contributed by atoms with Crippen LogP contribution in [0.5, 0.6) is 0 Å². The van der Waals surface area contributed by atoms with Crippen molar-refractivity contribution in [3.8, 4) is 0 Å². The fraction of sp³-hybridized carbons (Fsp3) is 0.375. The lowest BCUT2D eigenvalue weighted by Gasteiger charge is -2.06. The quantitative estimate of drug-likeness (QED) is 0.730. The van der Waals surface area contributed by atoms with E-state index in [0.29, 0.717) is 16.6 Å². The molecule has 0 aliphatic rings. The zero-order valence-electron chi connectivity index (χ0n) is 13.5. The average Bonchev–Trinajstić information content (AvgIpc) is 3.02. The summed E-state index contributed by atoms with van der Waals surface area (Å²) in [5, 5.41) is 14.7. The number of hydrogen-bond donors (Lipinski definition) is 2. The van der Waals surface area contributed by atoms with Gasteiger partial charge in [-0.15, -0.1) is 10.2 Å². The normalized spacial score (nSPS) is 10.7. The summed E-state index contributed by atoms with van der Waals surface area (Å²) in [6.07, 6.45) is 1.98. The minimum absolute atomic E-state index is 0.120. The Balaban J connectivity index is 1.86. The Morgan fingerprint density at radius 3 is 2.67 bits per heavy atom. The van der Waals surface area contributed by atoms with E-state index in [1.165, 1.54) is 11.3 Å². The zero-order valence-corrected chi connectivity index (χ0v) is 15.9. The molecule has 8 heteroatoms. The molecular formula is C16H19BrN4O2S. The highest BCUT2D eigenvalue weighted by molar-refractivity contribution is 9.10. The van der Waals surface area contributed by atoms with Gasteiger partial charge in [-0.05, 0) is 31.0 Å². The Hall–Kier alpha value is -1.80. The van der Waals surface area contributed by atoms with Crippen LogP contribution >= 0.6 is 27.3 Å². The summed E-state index contributed by atoms with van der Waals surface area (Å²) in [6.45, 7) is 4.09. The van der Waals surface area contributed by atoms with Crippen LogP contribution in [0.3, 0.4) is 0 Å². The molecule has 0 bridgehead atoms. The first-order valence-corrected chi connectivity index (χ1v) is 9.31. The molecule has 0 unspecified atom stereocenters. The van der Waals surface area contributed by atoms with Crippen LogP contribution in [-0.4, -0.2) is 28.6 Å². The number of anilines is 1. The van der Waals surface area contributed by atoms with Gasteiger partial charge in [0.2, 0.25) is 11.0 Å². The van der Waals surface area contributed by atoms with Gasteiger partial charge in [-0.2, -0.15) is 0 Å². The second kappa shape index (κ2) is 8.89. The molecule has 1 aromatic heterocycles. The van der Waals surface area contributed by atoms with Gasteiger partial charge in [-0.3, -0.25) is 14.9 Å². The Bertz CT molecular complexity index is 716. The molecule has 0 radical (unpaired) electrons. The van der Waals surface area contributed by atoms with E-state index < -0.39 is 0 Å². The maximum Gasteiger partial charge on any atom is 0.251 e. The molecule has 0 spiro atoms. The van der Waals surface area contributed by atoms with Crippen LogP contribution in [0.25, 0.3) is 0 Å². The number of rotatable bonds is 7. The van der Waals surface area contributed by atoms with Crippen molar-refractivity contribution in [1.29, 1.82) is 0 Å². The lowest BCUT2D eigenvalue weighted by atomic mass is 10.1. The first-order valence-electron chi connectivity index (χ1n) is 7.70. The van der Waals surface area contributed by atoms with Gasteiger partial charge in [-0.1, -0.05) is 47.2 Å². The lowest BCUT2D eigenvalue weighted by molar-refractivity contribution is -0.115. The van der Waals surface area contributed by atoms with Gasteiger partial charge in [0.05, 0.1) is 6.54 Å². The molecule has 0 aliphatic heterocycles. The largest absolute Gasteiger partial charge is 0.343 e. The summed E-state index contributed by atoms with van der Waals surface area (Å²) in [7, 11) is 0. The molecule has 1 aromatic carbocycles. The number of nitrogens with one attached hydrogen (secondary N) is 2. The van der Waals surface area contributed by atoms with Crippen LogP contribution in [0, 0.1) is 0 Å². The highest BCUT2D eigenvalue weighted by Crippen LogP contribution is 2.27. The highest BCUT2D eigenvalue weighted by Gasteiger charge is 2.15. The Labute approximate surface area is 153 Å². The van der Waals surface area contributed by atoms with E-state index >= 15 is 0 Å². The van der Waals surface area contributed by atoms with Crippen molar-refractivity contribution in [3.05, 3.63) is 39.3 Å². The van der Waals surface area contributed by atoms with E-state index in [1.807, 2.05) is 6.07 Å². The third-order valence-electron chi connectivity index (χ3n) is 3.52. The molecule has 6 nitrogen and oxygen atoms in total. The van der Waals surface area contributed by atoms with Crippen molar-refractivity contribution in [2.24, 2.45) is 0 Å². The van der Waals surface area contributed by atoms with Crippen molar-refractivity contribution in [1.82, 2.24) is 15.5 Å². The molecule has 128 valence electrons. The van der Waals surface area contributed by atoms with Gasteiger partial charge >= 0.3 is 0 Å². The summed E-state index contributed by atoms with van der Waals surface area (Å²) in [5.41, 5.74) is 0.490. The molecule has 0 aliphatic carbocycles. The predicted octanol–water partition coefficient (Wildman–Crippen LogP) is 3.57. The minimum Gasteiger partial charge on any atom is -0.343 e. The number of carbonyl (C=O) groups excluding carboxylic acids is 2. The second-order valence-electron chi connectivity index (χ2n) is 5.20. The topological polar surface area (TPSA) is 84.0 Å². The molecule has 2 amide bonds. The zero-order chi connectivity index (χ0) is 17.5. The standard InChI is InChI=1S/C16H19BrN4O2S/c1-3-10(4-2)15-20-21-16(24-15)19-13(22)9-18-14(23)11-6-5-7-12(17)8-11/h5-8,10H,3-4,9H2,1-2H3,(H,18,23)(H,19,21,22).